The summed E-state index contributed by atoms with van der Waals surface area (Å²) in [4.78, 5) is -4.67. The number of hydrogen-bond donors (Lipinski definition) is 5. The number of nitrogens with zero attached hydrogens (tertiary/aromatic N) is 6. The third-order valence-corrected chi connectivity index (χ3v) is 15.6. The fraction of sp³-hybridized carbons (Fsp3) is 0.0811. The minimum atomic E-state index is -5.69. The number of nitrogens with one attached hydrogen (secondary N) is 1. The summed E-state index contributed by atoms with van der Waals surface area (Å²) in [7, 11) is -29.9. The molecule has 0 heterocycles. The molecule has 0 aromatic heterocycles. The molecule has 0 aliphatic carbocycles. The Balaban J connectivity index is 1.33. The first-order valence-corrected chi connectivity index (χ1v) is 27.9. The van der Waals surface area contributed by atoms with E-state index in [-0.39, 0.29) is 22.3 Å². The van der Waals surface area contributed by atoms with Crippen molar-refractivity contribution in [1.29, 1.82) is 0 Å². The molecule has 0 aliphatic rings. The van der Waals surface area contributed by atoms with Gasteiger partial charge in [0.1, 0.15) is 43.0 Å². The minimum absolute atomic E-state index is 0.0763. The number of phenols is 1. The summed E-state index contributed by atoms with van der Waals surface area (Å²) in [5.74, 6) is -2.48. The minimum Gasteiger partial charge on any atom is -0.744 e. The number of sulfone groups is 2. The number of sulfonamides is 1. The Bertz CT molecular complexity index is 3890. The van der Waals surface area contributed by atoms with Crippen molar-refractivity contribution in [2.24, 2.45) is 30.7 Å². The van der Waals surface area contributed by atoms with Gasteiger partial charge in [-0.1, -0.05) is 0 Å². The molecule has 370 valence electrons. The first kappa shape index (κ1) is 52.3. The molecule has 70 heavy (non-hydrogen) atoms. The van der Waals surface area contributed by atoms with E-state index in [1.54, 1.807) is 12.1 Å². The van der Waals surface area contributed by atoms with Crippen molar-refractivity contribution in [2.75, 3.05) is 40.5 Å². The number of azo groups is 3. The zero-order chi connectivity index (χ0) is 51.8. The lowest BCUT2D eigenvalue weighted by Crippen LogP contribution is -2.16. The summed E-state index contributed by atoms with van der Waals surface area (Å²) in [6.07, 6.45) is 0.700. The first-order valence-electron chi connectivity index (χ1n) is 18.7. The van der Waals surface area contributed by atoms with E-state index >= 15 is 0 Å². The summed E-state index contributed by atoms with van der Waals surface area (Å²) in [5, 5.41) is 33.2. The van der Waals surface area contributed by atoms with Gasteiger partial charge in [-0.15, -0.1) is 20.5 Å². The van der Waals surface area contributed by atoms with E-state index in [9.17, 15) is 69.3 Å². The summed E-state index contributed by atoms with van der Waals surface area (Å²) in [6, 6.07) is 17.9. The van der Waals surface area contributed by atoms with Gasteiger partial charge in [-0.2, -0.15) is 10.2 Å². The van der Waals surface area contributed by atoms with E-state index in [2.05, 4.69) is 39.6 Å². The van der Waals surface area contributed by atoms with Gasteiger partial charge < -0.3 is 36.0 Å². The molecule has 0 atom stereocenters. The van der Waals surface area contributed by atoms with Gasteiger partial charge in [0.2, 0.25) is 10.4 Å². The van der Waals surface area contributed by atoms with Gasteiger partial charge in [0, 0.05) is 17.6 Å². The lowest BCUT2D eigenvalue weighted by molar-refractivity contribution is 0.276. The molecular formula is C37H31N10O17S6-3. The molecule has 0 saturated carbocycles. The number of fused-ring (bicyclic) bond motifs is 1. The smallest absolute Gasteiger partial charge is 0.261 e. The van der Waals surface area contributed by atoms with Crippen molar-refractivity contribution in [3.8, 4) is 5.75 Å². The molecule has 0 aliphatic heterocycles. The second-order valence-electron chi connectivity index (χ2n) is 14.2. The molecule has 33 heteroatoms. The zero-order valence-corrected chi connectivity index (χ0v) is 39.9. The molecule has 0 spiro atoms. The highest BCUT2D eigenvalue weighted by atomic mass is 32.3. The normalized spacial score (nSPS) is 13.2. The number of benzene rings is 6. The van der Waals surface area contributed by atoms with E-state index in [0.29, 0.717) is 47.2 Å². The zero-order valence-electron chi connectivity index (χ0n) is 35.0. The molecule has 0 saturated heterocycles. The van der Waals surface area contributed by atoms with Gasteiger partial charge in [0.25, 0.3) is 10.0 Å². The number of nitrogens with two attached hydrogens (primary N) is 3. The Labute approximate surface area is 397 Å². The van der Waals surface area contributed by atoms with Crippen LogP contribution in [0.3, 0.4) is 0 Å². The second-order valence-corrected chi connectivity index (χ2v) is 23.8. The number of nitrogen functional groups attached to an aromatic ring is 3. The maximum Gasteiger partial charge on any atom is 0.261 e. The number of anilines is 4. The summed E-state index contributed by atoms with van der Waals surface area (Å²) >= 11 is 0. The Hall–Kier alpha value is -7.08. The van der Waals surface area contributed by atoms with Gasteiger partial charge in [-0.25, -0.2) is 50.5 Å². The van der Waals surface area contributed by atoms with E-state index in [4.69, 9.17) is 17.2 Å². The fourth-order valence-electron chi connectivity index (χ4n) is 6.01. The fourth-order valence-corrected chi connectivity index (χ4v) is 10.8. The van der Waals surface area contributed by atoms with Crippen molar-refractivity contribution >= 4 is 128 Å². The van der Waals surface area contributed by atoms with Crippen LogP contribution in [0.4, 0.5) is 56.9 Å². The molecule has 8 N–H and O–H groups in total. The van der Waals surface area contributed by atoms with Crippen LogP contribution in [0.15, 0.2) is 152 Å². The lowest BCUT2D eigenvalue weighted by Gasteiger charge is -2.17. The average molecular weight is 1080 g/mol. The van der Waals surface area contributed by atoms with Crippen molar-refractivity contribution < 1.29 is 73.5 Å². The highest BCUT2D eigenvalue weighted by molar-refractivity contribution is 7.93. The molecule has 0 fully saturated rings. The number of phenolic OH excluding ortho intramolecular Hbond substituents is 1. The van der Waals surface area contributed by atoms with Crippen LogP contribution in [0, 0.1) is 0 Å². The van der Waals surface area contributed by atoms with Crippen molar-refractivity contribution in [3.05, 3.63) is 97.1 Å². The third-order valence-electron chi connectivity index (χ3n) is 9.24. The Morgan fingerprint density at radius 2 is 1.11 bits per heavy atom. The van der Waals surface area contributed by atoms with E-state index in [0.717, 1.165) is 18.2 Å². The van der Waals surface area contributed by atoms with E-state index < -0.39 is 132 Å². The largest absolute Gasteiger partial charge is 0.744 e. The molecule has 0 amide bonds. The first-order chi connectivity index (χ1) is 32.3. The van der Waals surface area contributed by atoms with Gasteiger partial charge in [-0.05, 0) is 102 Å². The van der Waals surface area contributed by atoms with E-state index in [1.807, 2.05) is 0 Å². The Morgan fingerprint density at radius 3 is 1.69 bits per heavy atom. The number of aromatic hydroxyl groups is 1. The van der Waals surface area contributed by atoms with Crippen LogP contribution in [0.5, 0.6) is 5.75 Å². The molecule has 27 nitrogen and oxygen atoms in total. The maximum atomic E-state index is 13.2. The van der Waals surface area contributed by atoms with Crippen LogP contribution in [-0.4, -0.2) is 87.9 Å². The van der Waals surface area contributed by atoms with Crippen molar-refractivity contribution in [3.63, 3.8) is 0 Å². The average Bonchev–Trinajstić information content (AvgIpc) is 3.24. The molecule has 0 bridgehead atoms. The number of rotatable bonds is 17. The van der Waals surface area contributed by atoms with Gasteiger partial charge >= 0.3 is 0 Å². The second kappa shape index (κ2) is 19.4. The highest BCUT2D eigenvalue weighted by Crippen LogP contribution is 2.48. The van der Waals surface area contributed by atoms with Crippen molar-refractivity contribution in [2.45, 2.75) is 24.5 Å². The predicted octanol–water partition coefficient (Wildman–Crippen LogP) is 4.80. The molecule has 6 rings (SSSR count). The number of hydrogen-bond acceptors (Lipinski definition) is 26. The summed E-state index contributed by atoms with van der Waals surface area (Å²) < 4.78 is 190. The molecule has 0 radical (unpaired) electrons. The van der Waals surface area contributed by atoms with Crippen LogP contribution in [-0.2, 0) is 64.5 Å². The van der Waals surface area contributed by atoms with E-state index in [1.165, 1.54) is 42.5 Å². The third kappa shape index (κ3) is 12.4. The maximum absolute atomic E-state index is 13.2. The topological polar surface area (TPSA) is 468 Å². The van der Waals surface area contributed by atoms with Crippen molar-refractivity contribution in [1.82, 2.24) is 0 Å². The van der Waals surface area contributed by atoms with Gasteiger partial charge in [-0.3, -0.25) is 8.91 Å². The molecular weight excluding hydrogens is 1050 g/mol. The van der Waals surface area contributed by atoms with Crippen LogP contribution < -0.4 is 21.9 Å². The molecule has 6 aromatic carbocycles. The van der Waals surface area contributed by atoms with Gasteiger partial charge in [0.15, 0.2) is 25.4 Å². The summed E-state index contributed by atoms with van der Waals surface area (Å²) in [5.41, 5.74) is 15.8. The van der Waals surface area contributed by atoms with Crippen LogP contribution in [0.2, 0.25) is 0 Å². The quantitative estimate of drug-likeness (QED) is 0.0354. The summed E-state index contributed by atoms with van der Waals surface area (Å²) in [6.45, 7) is -1.20. The van der Waals surface area contributed by atoms with Crippen LogP contribution in [0.1, 0.15) is 0 Å². The SMILES string of the molecule is CS(=O)(=O)c1cc2cc(S(=O)(=O)[O-])c(N=Nc3ccc(S(=O)(=O)CCOS(=O)(=O)[O-])cc3S(=O)(=O)[O-])c(O)c2c(N)c1N=Nc1ccc(S(=O)(=O)Nc2ccc(N=Nc3ccc(N)cc3N)cc2)cc1. The Kier molecular flexibility index (Phi) is 14.5. The van der Waals surface area contributed by atoms with Crippen LogP contribution in [0.25, 0.3) is 10.8 Å². The standard InChI is InChI=1S/C37H34N10O17S6/c1-65(49,50)31-16-20-17-32(69(58,59)60)36(46-44-29-13-11-26(19-30(29)68(55,56)57)66(51,52)15-14-64-70(61,62)63)37(48)33(20)34(40)35(31)45-42-23-7-9-25(10-8-23)67(53,54)47-24-5-3-22(4-6-24)41-43-28-12-2-21(38)18-27(28)39/h2-13,16-19,47-48H,14-15,38-40H2,1H3,(H,55,56,57)(H,58,59,60)(H,61,62,63)/p-3. The molecule has 0 unspecified atom stereocenters. The monoisotopic (exact) mass is 1080 g/mol. The van der Waals surface area contributed by atoms with Crippen LogP contribution >= 0.6 is 0 Å². The molecule has 6 aromatic rings. The van der Waals surface area contributed by atoms with Gasteiger partial charge in [0.05, 0.1) is 65.0 Å². The highest BCUT2D eigenvalue weighted by Gasteiger charge is 2.26. The lowest BCUT2D eigenvalue weighted by atomic mass is 10.1. The Morgan fingerprint density at radius 1 is 0.586 bits per heavy atom. The predicted molar refractivity (Wildman–Crippen MR) is 245 cm³/mol.